The van der Waals surface area contributed by atoms with Gasteiger partial charge in [-0.05, 0) is 24.6 Å². The minimum absolute atomic E-state index is 0.0115. The molecule has 1 aromatic heterocycles. The third-order valence-electron chi connectivity index (χ3n) is 3.77. The van der Waals surface area contributed by atoms with Crippen LogP contribution in [-0.2, 0) is 10.0 Å². The lowest BCUT2D eigenvalue weighted by atomic mass is 10.3. The molecule has 130 valence electrons. The van der Waals surface area contributed by atoms with E-state index in [2.05, 4.69) is 4.98 Å². The highest BCUT2D eigenvalue weighted by Crippen LogP contribution is 2.25. The molecule has 1 aliphatic heterocycles. The summed E-state index contributed by atoms with van der Waals surface area (Å²) in [6.07, 6.45) is 1.34. The molecular weight excluding hydrogens is 352 g/mol. The van der Waals surface area contributed by atoms with Crippen molar-refractivity contribution in [1.82, 2.24) is 9.29 Å². The summed E-state index contributed by atoms with van der Waals surface area (Å²) >= 11 is 0. The molecule has 1 fully saturated rings. The standard InChI is InChI=1S/C16H13F2N3O3S/c17-12-1-2-15(14(18)8-12)25(22,23)21-6-4-13(10-21)24-16-7-11(9-19)3-5-20-16/h1-3,5,7-8,13H,4,6,10H2. The highest BCUT2D eigenvalue weighted by atomic mass is 32.2. The van der Waals surface area contributed by atoms with Crippen LogP contribution in [0.5, 0.6) is 5.88 Å². The van der Waals surface area contributed by atoms with E-state index in [9.17, 15) is 17.2 Å². The zero-order chi connectivity index (χ0) is 18.0. The number of pyridine rings is 1. The Kier molecular flexibility index (Phi) is 4.65. The molecule has 1 aromatic carbocycles. The topological polar surface area (TPSA) is 83.3 Å². The SMILES string of the molecule is N#Cc1ccnc(OC2CCN(S(=O)(=O)c3ccc(F)cc3F)C2)c1. The molecule has 1 atom stereocenters. The van der Waals surface area contributed by atoms with E-state index >= 15 is 0 Å². The molecular formula is C16H13F2N3O3S. The van der Waals surface area contributed by atoms with E-state index in [1.165, 1.54) is 18.3 Å². The largest absolute Gasteiger partial charge is 0.473 e. The lowest BCUT2D eigenvalue weighted by Crippen LogP contribution is -2.31. The Morgan fingerprint density at radius 2 is 2.08 bits per heavy atom. The molecule has 9 heteroatoms. The molecule has 2 heterocycles. The lowest BCUT2D eigenvalue weighted by molar-refractivity contribution is 0.207. The minimum atomic E-state index is -4.09. The van der Waals surface area contributed by atoms with Gasteiger partial charge < -0.3 is 4.74 Å². The molecule has 1 aliphatic rings. The Bertz CT molecular complexity index is 944. The van der Waals surface area contributed by atoms with E-state index in [4.69, 9.17) is 10.00 Å². The van der Waals surface area contributed by atoms with Gasteiger partial charge in [0.2, 0.25) is 15.9 Å². The maximum absolute atomic E-state index is 13.8. The summed E-state index contributed by atoms with van der Waals surface area (Å²) in [4.78, 5) is 3.41. The third kappa shape index (κ3) is 3.60. The second kappa shape index (κ2) is 6.74. The fraction of sp³-hybridized carbons (Fsp3) is 0.250. The van der Waals surface area contributed by atoms with Gasteiger partial charge in [0.1, 0.15) is 22.6 Å². The normalized spacial score (nSPS) is 18.0. The van der Waals surface area contributed by atoms with Crippen LogP contribution in [0.25, 0.3) is 0 Å². The molecule has 0 spiro atoms. The summed E-state index contributed by atoms with van der Waals surface area (Å²) in [5.41, 5.74) is 0.376. The zero-order valence-corrected chi connectivity index (χ0v) is 13.7. The first kappa shape index (κ1) is 17.3. The predicted molar refractivity (Wildman–Crippen MR) is 83.1 cm³/mol. The van der Waals surface area contributed by atoms with Gasteiger partial charge in [-0.25, -0.2) is 22.2 Å². The highest BCUT2D eigenvalue weighted by Gasteiger charge is 2.35. The maximum atomic E-state index is 13.8. The van der Waals surface area contributed by atoms with Gasteiger partial charge in [0.05, 0.1) is 18.2 Å². The molecule has 2 aromatic rings. The number of hydrogen-bond acceptors (Lipinski definition) is 5. The van der Waals surface area contributed by atoms with Crippen LogP contribution < -0.4 is 4.74 Å². The van der Waals surface area contributed by atoms with Gasteiger partial charge in [-0.3, -0.25) is 0 Å². The van der Waals surface area contributed by atoms with Crippen LogP contribution >= 0.6 is 0 Å². The van der Waals surface area contributed by atoms with Crippen molar-refractivity contribution in [1.29, 1.82) is 5.26 Å². The van der Waals surface area contributed by atoms with Crippen molar-refractivity contribution in [3.63, 3.8) is 0 Å². The van der Waals surface area contributed by atoms with Crippen molar-refractivity contribution in [2.45, 2.75) is 17.4 Å². The second-order valence-corrected chi connectivity index (χ2v) is 7.37. The molecule has 6 nitrogen and oxygen atoms in total. The number of sulfonamides is 1. The van der Waals surface area contributed by atoms with Crippen molar-refractivity contribution in [3.8, 4) is 11.9 Å². The number of aromatic nitrogens is 1. The van der Waals surface area contributed by atoms with Gasteiger partial charge >= 0.3 is 0 Å². The first-order valence-corrected chi connectivity index (χ1v) is 8.82. The Balaban J connectivity index is 1.74. The summed E-state index contributed by atoms with van der Waals surface area (Å²) in [6.45, 7) is 0.152. The first-order chi connectivity index (χ1) is 11.9. The highest BCUT2D eigenvalue weighted by molar-refractivity contribution is 7.89. The van der Waals surface area contributed by atoms with Gasteiger partial charge in [0.25, 0.3) is 0 Å². The summed E-state index contributed by atoms with van der Waals surface area (Å²) in [6, 6.07) is 7.28. The molecule has 3 rings (SSSR count). The van der Waals surface area contributed by atoms with E-state index in [1.807, 2.05) is 6.07 Å². The molecule has 25 heavy (non-hydrogen) atoms. The average molecular weight is 365 g/mol. The van der Waals surface area contributed by atoms with Crippen molar-refractivity contribution in [3.05, 3.63) is 53.7 Å². The number of hydrogen-bond donors (Lipinski definition) is 0. The van der Waals surface area contributed by atoms with E-state index in [1.54, 1.807) is 0 Å². The third-order valence-corrected chi connectivity index (χ3v) is 5.67. The Morgan fingerprint density at radius 1 is 1.28 bits per heavy atom. The summed E-state index contributed by atoms with van der Waals surface area (Å²) in [5.74, 6) is -1.76. The van der Waals surface area contributed by atoms with Gasteiger partial charge in [-0.15, -0.1) is 0 Å². The van der Waals surface area contributed by atoms with Crippen molar-refractivity contribution in [2.24, 2.45) is 0 Å². The lowest BCUT2D eigenvalue weighted by Gasteiger charge is -2.17. The van der Waals surface area contributed by atoms with E-state index in [0.717, 1.165) is 16.4 Å². The molecule has 0 radical (unpaired) electrons. The number of halogens is 2. The number of nitrogens with zero attached hydrogens (tertiary/aromatic N) is 3. The Morgan fingerprint density at radius 3 is 2.80 bits per heavy atom. The Labute approximate surface area is 143 Å². The van der Waals surface area contributed by atoms with Gasteiger partial charge in [-0.1, -0.05) is 0 Å². The summed E-state index contributed by atoms with van der Waals surface area (Å²) in [5, 5.41) is 8.86. The van der Waals surface area contributed by atoms with Crippen LogP contribution in [0.4, 0.5) is 8.78 Å². The molecule has 0 bridgehead atoms. The predicted octanol–water partition coefficient (Wildman–Crippen LogP) is 2.07. The minimum Gasteiger partial charge on any atom is -0.473 e. The number of rotatable bonds is 4. The van der Waals surface area contributed by atoms with Crippen LogP contribution in [0.1, 0.15) is 12.0 Å². The van der Waals surface area contributed by atoms with Gasteiger partial charge in [-0.2, -0.15) is 9.57 Å². The van der Waals surface area contributed by atoms with Crippen LogP contribution in [-0.4, -0.2) is 36.9 Å². The summed E-state index contributed by atoms with van der Waals surface area (Å²) in [7, 11) is -4.09. The van der Waals surface area contributed by atoms with Crippen molar-refractivity contribution in [2.75, 3.05) is 13.1 Å². The Hall–Kier alpha value is -2.57. The molecule has 0 aliphatic carbocycles. The molecule has 1 unspecified atom stereocenters. The van der Waals surface area contributed by atoms with Gasteiger partial charge in [0.15, 0.2) is 0 Å². The van der Waals surface area contributed by atoms with E-state index < -0.39 is 32.7 Å². The van der Waals surface area contributed by atoms with Crippen LogP contribution in [0.2, 0.25) is 0 Å². The average Bonchev–Trinajstić information content (AvgIpc) is 3.04. The summed E-state index contributed by atoms with van der Waals surface area (Å²) < 4.78 is 58.5. The maximum Gasteiger partial charge on any atom is 0.246 e. The first-order valence-electron chi connectivity index (χ1n) is 7.38. The van der Waals surface area contributed by atoms with Crippen LogP contribution in [0.3, 0.4) is 0 Å². The molecule has 1 saturated heterocycles. The monoisotopic (exact) mass is 365 g/mol. The number of benzene rings is 1. The van der Waals surface area contributed by atoms with Crippen molar-refractivity contribution < 1.29 is 21.9 Å². The van der Waals surface area contributed by atoms with Crippen molar-refractivity contribution >= 4 is 10.0 Å². The second-order valence-electron chi connectivity index (χ2n) is 5.46. The molecule has 0 amide bonds. The van der Waals surface area contributed by atoms with E-state index in [0.29, 0.717) is 18.1 Å². The fourth-order valence-electron chi connectivity index (χ4n) is 2.55. The number of ether oxygens (including phenoxy) is 1. The fourth-order valence-corrected chi connectivity index (χ4v) is 4.08. The van der Waals surface area contributed by atoms with E-state index in [-0.39, 0.29) is 19.0 Å². The smallest absolute Gasteiger partial charge is 0.246 e. The van der Waals surface area contributed by atoms with Gasteiger partial charge in [0, 0.05) is 24.9 Å². The van der Waals surface area contributed by atoms with Crippen LogP contribution in [0, 0.1) is 23.0 Å². The quantitative estimate of drug-likeness (QED) is 0.828. The number of nitriles is 1. The zero-order valence-electron chi connectivity index (χ0n) is 12.9. The van der Waals surface area contributed by atoms with Crippen LogP contribution in [0.15, 0.2) is 41.4 Å². The molecule has 0 saturated carbocycles. The molecule has 0 N–H and O–H groups in total.